The van der Waals surface area contributed by atoms with Crippen molar-refractivity contribution in [2.24, 2.45) is 0 Å². The van der Waals surface area contributed by atoms with Crippen molar-refractivity contribution in [3.8, 4) is 0 Å². The Morgan fingerprint density at radius 3 is 2.03 bits per heavy atom. The van der Waals surface area contributed by atoms with Gasteiger partial charge in [-0.3, -0.25) is 25.0 Å². The number of alkyl halides is 6. The summed E-state index contributed by atoms with van der Waals surface area (Å²) in [5.74, 6) is -1.48. The third-order valence-corrected chi connectivity index (χ3v) is 3.98. The summed E-state index contributed by atoms with van der Waals surface area (Å²) in [6.45, 7) is 0. The molecule has 30 heavy (non-hydrogen) atoms. The normalized spacial score (nSPS) is 11.8. The second kappa shape index (κ2) is 7.78. The summed E-state index contributed by atoms with van der Waals surface area (Å²) in [5, 5.41) is 22.5. The van der Waals surface area contributed by atoms with Gasteiger partial charge in [0.15, 0.2) is 0 Å². The first-order chi connectivity index (χ1) is 13.6. The maximum absolute atomic E-state index is 13.0. The van der Waals surface area contributed by atoms with Crippen molar-refractivity contribution in [1.82, 2.24) is 0 Å². The van der Waals surface area contributed by atoms with Crippen LogP contribution in [-0.2, 0) is 12.4 Å². The second-order valence-electron chi connectivity index (χ2n) is 5.53. The molecule has 0 heterocycles. The van der Waals surface area contributed by atoms with E-state index in [0.29, 0.717) is 12.1 Å². The van der Waals surface area contributed by atoms with E-state index in [2.05, 4.69) is 0 Å². The molecule has 8 nitrogen and oxygen atoms in total. The van der Waals surface area contributed by atoms with Crippen molar-refractivity contribution in [2.45, 2.75) is 12.4 Å². The number of carbonyl (C=O) groups is 1. The van der Waals surface area contributed by atoms with Crippen LogP contribution in [0.25, 0.3) is 0 Å². The van der Waals surface area contributed by atoms with Crippen LogP contribution >= 0.6 is 11.6 Å². The molecule has 0 aliphatic carbocycles. The lowest BCUT2D eigenvalue weighted by Crippen LogP contribution is -2.17. The smallest absolute Gasteiger partial charge is 0.310 e. The van der Waals surface area contributed by atoms with E-state index in [0.717, 1.165) is 12.1 Å². The zero-order valence-electron chi connectivity index (χ0n) is 14.0. The molecule has 1 amide bonds. The SMILES string of the molecule is O=C(Nc1c([N+](=O)[O-])cc(C(F)(F)F)c(Cl)c1[N+](=O)[O-])c1cccc(C(F)(F)F)c1. The highest BCUT2D eigenvalue weighted by molar-refractivity contribution is 6.34. The predicted octanol–water partition coefficient (Wildman–Crippen LogP) is 5.45. The topological polar surface area (TPSA) is 115 Å². The Kier molecular flexibility index (Phi) is 5.93. The number of hydrogen-bond donors (Lipinski definition) is 1. The number of nitrogens with zero attached hydrogens (tertiary/aromatic N) is 2. The highest BCUT2D eigenvalue weighted by atomic mass is 35.5. The average Bonchev–Trinajstić information content (AvgIpc) is 2.59. The summed E-state index contributed by atoms with van der Waals surface area (Å²) in [5.41, 5.74) is -8.38. The fourth-order valence-electron chi connectivity index (χ4n) is 2.30. The maximum Gasteiger partial charge on any atom is 0.418 e. The Hall–Kier alpha value is -3.42. The van der Waals surface area contributed by atoms with E-state index in [1.54, 1.807) is 5.32 Å². The van der Waals surface area contributed by atoms with Crippen LogP contribution in [0.2, 0.25) is 5.02 Å². The second-order valence-corrected chi connectivity index (χ2v) is 5.90. The molecular weight excluding hydrogens is 452 g/mol. The first-order valence-electron chi connectivity index (χ1n) is 7.35. The molecule has 0 aliphatic rings. The van der Waals surface area contributed by atoms with Gasteiger partial charge in [0, 0.05) is 11.6 Å². The highest BCUT2D eigenvalue weighted by Gasteiger charge is 2.42. The van der Waals surface area contributed by atoms with E-state index >= 15 is 0 Å². The molecule has 0 radical (unpaired) electrons. The van der Waals surface area contributed by atoms with Crippen LogP contribution in [0.15, 0.2) is 30.3 Å². The fourth-order valence-corrected chi connectivity index (χ4v) is 2.62. The van der Waals surface area contributed by atoms with Gasteiger partial charge in [-0.25, -0.2) is 0 Å². The van der Waals surface area contributed by atoms with Crippen molar-refractivity contribution in [2.75, 3.05) is 5.32 Å². The number of carbonyl (C=O) groups excluding carboxylic acids is 1. The Morgan fingerprint density at radius 2 is 1.57 bits per heavy atom. The first kappa shape index (κ1) is 22.9. The van der Waals surface area contributed by atoms with E-state index < -0.39 is 66.9 Å². The summed E-state index contributed by atoms with van der Waals surface area (Å²) in [7, 11) is 0. The lowest BCUT2D eigenvalue weighted by Gasteiger charge is -2.13. The summed E-state index contributed by atoms with van der Waals surface area (Å²) in [6, 6.07) is 2.50. The molecule has 15 heteroatoms. The third kappa shape index (κ3) is 4.59. The minimum Gasteiger partial charge on any atom is -0.310 e. The van der Waals surface area contributed by atoms with Crippen molar-refractivity contribution in [3.05, 3.63) is 72.3 Å². The molecular formula is C15H6ClF6N3O5. The Morgan fingerprint density at radius 1 is 0.967 bits per heavy atom. The number of benzene rings is 2. The molecule has 0 fully saturated rings. The quantitative estimate of drug-likeness (QED) is 0.372. The summed E-state index contributed by atoms with van der Waals surface area (Å²) in [4.78, 5) is 31.7. The predicted molar refractivity (Wildman–Crippen MR) is 89.2 cm³/mol. The largest absolute Gasteiger partial charge is 0.418 e. The van der Waals surface area contributed by atoms with Gasteiger partial charge < -0.3 is 5.32 Å². The van der Waals surface area contributed by atoms with Crippen LogP contribution in [0.4, 0.5) is 43.4 Å². The van der Waals surface area contributed by atoms with Gasteiger partial charge in [0.2, 0.25) is 5.69 Å². The summed E-state index contributed by atoms with van der Waals surface area (Å²) in [6.07, 6.45) is -10.2. The molecule has 1 N–H and O–H groups in total. The molecule has 0 spiro atoms. The van der Waals surface area contributed by atoms with Gasteiger partial charge in [0.1, 0.15) is 5.02 Å². The van der Waals surface area contributed by atoms with E-state index in [1.807, 2.05) is 0 Å². The Bertz CT molecular complexity index is 1050. The minimum absolute atomic E-state index is 0.128. The van der Waals surface area contributed by atoms with E-state index in [9.17, 15) is 51.4 Å². The van der Waals surface area contributed by atoms with Gasteiger partial charge in [-0.2, -0.15) is 26.3 Å². The van der Waals surface area contributed by atoms with Gasteiger partial charge in [-0.15, -0.1) is 0 Å². The monoisotopic (exact) mass is 457 g/mol. The van der Waals surface area contributed by atoms with E-state index in [4.69, 9.17) is 11.6 Å². The molecule has 2 rings (SSSR count). The van der Waals surface area contributed by atoms with Gasteiger partial charge in [0.25, 0.3) is 5.91 Å². The first-order valence-corrected chi connectivity index (χ1v) is 7.73. The van der Waals surface area contributed by atoms with Crippen LogP contribution in [-0.4, -0.2) is 15.8 Å². The molecule has 0 unspecified atom stereocenters. The summed E-state index contributed by atoms with van der Waals surface area (Å²) >= 11 is 5.40. The lowest BCUT2D eigenvalue weighted by atomic mass is 10.1. The van der Waals surface area contributed by atoms with Crippen molar-refractivity contribution in [1.29, 1.82) is 0 Å². The zero-order valence-corrected chi connectivity index (χ0v) is 14.7. The van der Waals surface area contributed by atoms with Crippen molar-refractivity contribution >= 4 is 34.6 Å². The molecule has 0 saturated carbocycles. The number of halogens is 7. The number of rotatable bonds is 4. The van der Waals surface area contributed by atoms with Gasteiger partial charge in [-0.1, -0.05) is 17.7 Å². The Balaban J connectivity index is 2.67. The van der Waals surface area contributed by atoms with Crippen LogP contribution in [0, 0.1) is 20.2 Å². The number of hydrogen-bond acceptors (Lipinski definition) is 5. The maximum atomic E-state index is 13.0. The number of nitrogens with one attached hydrogen (secondary N) is 1. The molecule has 0 aliphatic heterocycles. The average molecular weight is 458 g/mol. The number of amides is 1. The highest BCUT2D eigenvalue weighted by Crippen LogP contribution is 2.47. The standard InChI is InChI=1S/C15H6ClF6N3O5/c16-10-8(15(20,21)22)5-9(24(27)28)11(12(10)25(29)30)23-13(26)6-2-1-3-7(4-6)14(17,18)19/h1-5H,(H,23,26). The zero-order chi connectivity index (χ0) is 23.0. The molecule has 0 atom stereocenters. The molecule has 0 saturated heterocycles. The van der Waals surface area contributed by atoms with Crippen LogP contribution in [0.3, 0.4) is 0 Å². The number of anilines is 1. The van der Waals surface area contributed by atoms with Crippen LogP contribution in [0.5, 0.6) is 0 Å². The molecule has 0 aromatic heterocycles. The molecule has 0 bridgehead atoms. The van der Waals surface area contributed by atoms with E-state index in [-0.39, 0.29) is 6.07 Å². The van der Waals surface area contributed by atoms with Crippen molar-refractivity contribution < 1.29 is 41.0 Å². The minimum atomic E-state index is -5.31. The third-order valence-electron chi connectivity index (χ3n) is 3.59. The van der Waals surface area contributed by atoms with Crippen LogP contribution < -0.4 is 5.32 Å². The van der Waals surface area contributed by atoms with Gasteiger partial charge in [-0.05, 0) is 18.2 Å². The van der Waals surface area contributed by atoms with Crippen molar-refractivity contribution in [3.63, 3.8) is 0 Å². The summed E-state index contributed by atoms with van der Waals surface area (Å²) < 4.78 is 77.4. The number of nitro benzene ring substituents is 2. The molecule has 160 valence electrons. The van der Waals surface area contributed by atoms with Gasteiger partial charge >= 0.3 is 23.7 Å². The number of nitro groups is 2. The molecule has 2 aromatic carbocycles. The molecule has 2 aromatic rings. The van der Waals surface area contributed by atoms with Gasteiger partial charge in [0.05, 0.1) is 21.0 Å². The van der Waals surface area contributed by atoms with E-state index in [1.165, 1.54) is 0 Å². The lowest BCUT2D eigenvalue weighted by molar-refractivity contribution is -0.392. The Labute approximate surface area is 166 Å². The van der Waals surface area contributed by atoms with Crippen LogP contribution in [0.1, 0.15) is 21.5 Å². The fraction of sp³-hybridized carbons (Fsp3) is 0.133.